The summed E-state index contributed by atoms with van der Waals surface area (Å²) in [6.07, 6.45) is 4.69. The second kappa shape index (κ2) is 4.84. The molecule has 0 aromatic carbocycles. The normalized spacial score (nSPS) is 13.5. The third-order valence-electron chi connectivity index (χ3n) is 3.04. The average Bonchev–Trinajstić information content (AvgIpc) is 2.68. The second-order valence-electron chi connectivity index (χ2n) is 4.76. The monoisotopic (exact) mass is 232 g/mol. The van der Waals surface area contributed by atoms with Gasteiger partial charge < -0.3 is 10.3 Å². The molecular formula is C13H20N4. The first-order chi connectivity index (χ1) is 8.15. The molecule has 2 aromatic rings. The topological polar surface area (TPSA) is 56.7 Å². The molecular weight excluding hydrogens is 212 g/mol. The number of imidazole rings is 1. The van der Waals surface area contributed by atoms with Gasteiger partial charge in [-0.05, 0) is 18.4 Å². The third-order valence-corrected chi connectivity index (χ3v) is 3.04. The van der Waals surface area contributed by atoms with Gasteiger partial charge in [0.05, 0.1) is 17.8 Å². The summed E-state index contributed by atoms with van der Waals surface area (Å²) in [6, 6.07) is 1.99. The molecule has 0 aliphatic heterocycles. The smallest absolute Gasteiger partial charge is 0.127 e. The van der Waals surface area contributed by atoms with Crippen LogP contribution in [0.15, 0.2) is 18.5 Å². The molecule has 0 spiro atoms. The number of aromatic nitrogens is 3. The van der Waals surface area contributed by atoms with E-state index in [0.29, 0.717) is 5.92 Å². The Bertz CT molecular complexity index is 501. The Morgan fingerprint density at radius 3 is 2.82 bits per heavy atom. The largest absolute Gasteiger partial charge is 0.327 e. The van der Waals surface area contributed by atoms with E-state index in [0.717, 1.165) is 29.8 Å². The summed E-state index contributed by atoms with van der Waals surface area (Å²) in [5.41, 5.74) is 8.30. The predicted molar refractivity (Wildman–Crippen MR) is 69.6 cm³/mol. The lowest BCUT2D eigenvalue weighted by Gasteiger charge is -2.17. The molecule has 2 rings (SSSR count). The molecule has 0 amide bonds. The van der Waals surface area contributed by atoms with Crippen molar-refractivity contribution in [1.29, 1.82) is 0 Å². The minimum Gasteiger partial charge on any atom is -0.327 e. The zero-order valence-corrected chi connectivity index (χ0v) is 10.7. The van der Waals surface area contributed by atoms with Crippen molar-refractivity contribution in [3.63, 3.8) is 0 Å². The van der Waals surface area contributed by atoms with Gasteiger partial charge in [0.15, 0.2) is 0 Å². The number of hydrogen-bond acceptors (Lipinski definition) is 3. The number of nitrogens with two attached hydrogens (primary N) is 1. The van der Waals surface area contributed by atoms with Crippen molar-refractivity contribution in [2.45, 2.75) is 39.8 Å². The van der Waals surface area contributed by atoms with Crippen LogP contribution in [0.5, 0.6) is 0 Å². The van der Waals surface area contributed by atoms with E-state index in [1.165, 1.54) is 0 Å². The fourth-order valence-electron chi connectivity index (χ4n) is 2.01. The molecule has 0 saturated carbocycles. The van der Waals surface area contributed by atoms with E-state index in [1.54, 1.807) is 12.4 Å². The molecule has 0 bridgehead atoms. The summed E-state index contributed by atoms with van der Waals surface area (Å²) in [5.74, 6) is 1.36. The van der Waals surface area contributed by atoms with Gasteiger partial charge in [0.25, 0.3) is 0 Å². The fourth-order valence-corrected chi connectivity index (χ4v) is 2.01. The maximum atomic E-state index is 6.23. The first kappa shape index (κ1) is 12.0. The molecule has 2 aromatic heterocycles. The van der Waals surface area contributed by atoms with Gasteiger partial charge in [-0.3, -0.25) is 4.98 Å². The van der Waals surface area contributed by atoms with Crippen molar-refractivity contribution < 1.29 is 0 Å². The SMILES string of the molecule is CCCn1c(C(N)C(C)C)nc2cnccc21. The van der Waals surface area contributed by atoms with E-state index >= 15 is 0 Å². The molecule has 4 heteroatoms. The second-order valence-corrected chi connectivity index (χ2v) is 4.76. The maximum Gasteiger partial charge on any atom is 0.127 e. The number of nitrogens with zero attached hydrogens (tertiary/aromatic N) is 3. The van der Waals surface area contributed by atoms with E-state index < -0.39 is 0 Å². The lowest BCUT2D eigenvalue weighted by Crippen LogP contribution is -2.21. The molecule has 2 N–H and O–H groups in total. The molecule has 0 radical (unpaired) electrons. The molecule has 1 unspecified atom stereocenters. The van der Waals surface area contributed by atoms with Gasteiger partial charge in [-0.2, -0.15) is 0 Å². The van der Waals surface area contributed by atoms with Gasteiger partial charge >= 0.3 is 0 Å². The Balaban J connectivity index is 2.57. The van der Waals surface area contributed by atoms with Crippen molar-refractivity contribution >= 4 is 11.0 Å². The van der Waals surface area contributed by atoms with Crippen LogP contribution in [0.4, 0.5) is 0 Å². The van der Waals surface area contributed by atoms with Gasteiger partial charge in [0, 0.05) is 12.7 Å². The van der Waals surface area contributed by atoms with Crippen molar-refractivity contribution in [3.05, 3.63) is 24.3 Å². The van der Waals surface area contributed by atoms with Crippen molar-refractivity contribution in [1.82, 2.24) is 14.5 Å². The summed E-state index contributed by atoms with van der Waals surface area (Å²) in [7, 11) is 0. The Morgan fingerprint density at radius 2 is 2.18 bits per heavy atom. The summed E-state index contributed by atoms with van der Waals surface area (Å²) in [6.45, 7) is 7.37. The zero-order chi connectivity index (χ0) is 12.4. The Kier molecular flexibility index (Phi) is 3.43. The number of rotatable bonds is 4. The molecule has 92 valence electrons. The number of hydrogen-bond donors (Lipinski definition) is 1. The minimum absolute atomic E-state index is 0.0195. The lowest BCUT2D eigenvalue weighted by molar-refractivity contribution is 0.467. The van der Waals surface area contributed by atoms with Crippen LogP contribution in [0.3, 0.4) is 0 Å². The van der Waals surface area contributed by atoms with E-state index in [1.807, 2.05) is 6.07 Å². The van der Waals surface area contributed by atoms with Gasteiger partial charge in [0.2, 0.25) is 0 Å². The average molecular weight is 232 g/mol. The first-order valence-electron chi connectivity index (χ1n) is 6.20. The molecule has 0 aliphatic carbocycles. The highest BCUT2D eigenvalue weighted by Gasteiger charge is 2.19. The van der Waals surface area contributed by atoms with Crippen LogP contribution in [0, 0.1) is 5.92 Å². The number of fused-ring (bicyclic) bond motifs is 1. The zero-order valence-electron chi connectivity index (χ0n) is 10.7. The van der Waals surface area contributed by atoms with E-state index in [9.17, 15) is 0 Å². The van der Waals surface area contributed by atoms with Crippen LogP contribution in [0.2, 0.25) is 0 Å². The van der Waals surface area contributed by atoms with Gasteiger partial charge in [-0.1, -0.05) is 20.8 Å². The van der Waals surface area contributed by atoms with Crippen LogP contribution in [0.25, 0.3) is 11.0 Å². The van der Waals surface area contributed by atoms with Crippen molar-refractivity contribution in [3.8, 4) is 0 Å². The number of pyridine rings is 1. The first-order valence-corrected chi connectivity index (χ1v) is 6.20. The summed E-state index contributed by atoms with van der Waals surface area (Å²) in [5, 5.41) is 0. The van der Waals surface area contributed by atoms with Gasteiger partial charge in [-0.25, -0.2) is 4.98 Å². The quantitative estimate of drug-likeness (QED) is 0.881. The van der Waals surface area contributed by atoms with Crippen LogP contribution in [-0.2, 0) is 6.54 Å². The molecule has 0 fully saturated rings. The van der Waals surface area contributed by atoms with E-state index in [4.69, 9.17) is 5.73 Å². The summed E-state index contributed by atoms with van der Waals surface area (Å²) in [4.78, 5) is 8.74. The molecule has 1 atom stereocenters. The van der Waals surface area contributed by atoms with Crippen LogP contribution in [-0.4, -0.2) is 14.5 Å². The van der Waals surface area contributed by atoms with E-state index in [2.05, 4.69) is 35.3 Å². The highest BCUT2D eigenvalue weighted by molar-refractivity contribution is 5.74. The fraction of sp³-hybridized carbons (Fsp3) is 0.538. The molecule has 4 nitrogen and oxygen atoms in total. The van der Waals surface area contributed by atoms with E-state index in [-0.39, 0.29) is 6.04 Å². The molecule has 2 heterocycles. The minimum atomic E-state index is -0.0195. The van der Waals surface area contributed by atoms with Crippen LogP contribution >= 0.6 is 0 Å². The van der Waals surface area contributed by atoms with Crippen molar-refractivity contribution in [2.75, 3.05) is 0 Å². The Morgan fingerprint density at radius 1 is 1.41 bits per heavy atom. The summed E-state index contributed by atoms with van der Waals surface area (Å²) >= 11 is 0. The Labute approximate surface area is 102 Å². The molecule has 0 aliphatic rings. The third kappa shape index (κ3) is 2.17. The summed E-state index contributed by atoms with van der Waals surface area (Å²) < 4.78 is 2.22. The van der Waals surface area contributed by atoms with Gasteiger partial charge in [0.1, 0.15) is 11.3 Å². The van der Waals surface area contributed by atoms with Crippen molar-refractivity contribution in [2.24, 2.45) is 11.7 Å². The van der Waals surface area contributed by atoms with Crippen LogP contribution in [0.1, 0.15) is 39.1 Å². The standard InChI is InChI=1S/C13H20N4/c1-4-7-17-11-5-6-15-8-10(11)16-13(17)12(14)9(2)3/h5-6,8-9,12H,4,7,14H2,1-3H3. The highest BCUT2D eigenvalue weighted by atomic mass is 15.1. The Hall–Kier alpha value is -1.42. The maximum absolute atomic E-state index is 6.23. The lowest BCUT2D eigenvalue weighted by atomic mass is 10.1. The van der Waals surface area contributed by atoms with Crippen LogP contribution < -0.4 is 5.73 Å². The molecule has 17 heavy (non-hydrogen) atoms. The highest BCUT2D eigenvalue weighted by Crippen LogP contribution is 2.23. The predicted octanol–water partition coefficient (Wildman–Crippen LogP) is 2.50. The van der Waals surface area contributed by atoms with Gasteiger partial charge in [-0.15, -0.1) is 0 Å². The number of aryl methyl sites for hydroxylation is 1. The molecule has 0 saturated heterocycles.